The van der Waals surface area contributed by atoms with E-state index in [0.29, 0.717) is 15.6 Å². The Kier molecular flexibility index (Phi) is 8.35. The van der Waals surface area contributed by atoms with Gasteiger partial charge in [0.15, 0.2) is 0 Å². The van der Waals surface area contributed by atoms with E-state index in [0.717, 1.165) is 64.2 Å². The Morgan fingerprint density at radius 3 is 2.17 bits per heavy atom. The second kappa shape index (κ2) is 10.2. The molecule has 0 aromatic heterocycles. The molecule has 4 aliphatic rings. The van der Waals surface area contributed by atoms with Crippen LogP contribution in [0.5, 0.6) is 0 Å². The minimum atomic E-state index is -0.883. The molecule has 9 atom stereocenters. The molecule has 4 nitrogen and oxygen atoms in total. The molecule has 0 aromatic rings. The van der Waals surface area contributed by atoms with Crippen molar-refractivity contribution in [3.63, 3.8) is 0 Å². The molecule has 4 rings (SSSR count). The summed E-state index contributed by atoms with van der Waals surface area (Å²) >= 11 is 7.78. The van der Waals surface area contributed by atoms with Gasteiger partial charge < -0.3 is 19.3 Å². The fraction of sp³-hybridized carbons (Fsp3) is 0.933. The van der Waals surface area contributed by atoms with Crippen molar-refractivity contribution in [3.05, 3.63) is 12.2 Å². The van der Waals surface area contributed by atoms with Crippen LogP contribution in [-0.4, -0.2) is 55.5 Å². The predicted molar refractivity (Wildman–Crippen MR) is 154 cm³/mol. The first-order valence-electron chi connectivity index (χ1n) is 14.2. The molecule has 3 heterocycles. The van der Waals surface area contributed by atoms with Crippen LogP contribution in [0, 0.1) is 11.3 Å². The number of hydrogen-bond acceptors (Lipinski definition) is 4. The zero-order chi connectivity index (χ0) is 26.7. The number of fused-ring (bicyclic) bond motifs is 2. The predicted octanol–water partition coefficient (Wildman–Crippen LogP) is 7.87. The first-order chi connectivity index (χ1) is 16.5. The zero-order valence-electron chi connectivity index (χ0n) is 23.7. The highest BCUT2D eigenvalue weighted by atomic mass is 79.9. The summed E-state index contributed by atoms with van der Waals surface area (Å²) in [5.41, 5.74) is -0.387. The molecule has 0 aromatic carbocycles. The number of ether oxygens (including phenoxy) is 3. The van der Waals surface area contributed by atoms with Gasteiger partial charge in [-0.25, -0.2) is 0 Å². The highest BCUT2D eigenvalue weighted by Crippen LogP contribution is 2.51. The van der Waals surface area contributed by atoms with Gasteiger partial charge >= 0.3 is 0 Å². The van der Waals surface area contributed by atoms with E-state index in [9.17, 15) is 5.11 Å². The fourth-order valence-electron chi connectivity index (χ4n) is 7.41. The summed E-state index contributed by atoms with van der Waals surface area (Å²) in [5.74, 6) is 0.404. The number of hydrogen-bond donors (Lipinski definition) is 1. The molecule has 0 spiro atoms. The van der Waals surface area contributed by atoms with Crippen LogP contribution in [0.25, 0.3) is 0 Å². The maximum atomic E-state index is 11.7. The average Bonchev–Trinajstić information content (AvgIpc) is 2.93. The molecular weight excluding hydrogens is 584 g/mol. The summed E-state index contributed by atoms with van der Waals surface area (Å²) in [6, 6.07) is 0. The van der Waals surface area contributed by atoms with E-state index >= 15 is 0 Å². The van der Waals surface area contributed by atoms with Crippen LogP contribution < -0.4 is 0 Å². The van der Waals surface area contributed by atoms with Crippen molar-refractivity contribution in [2.45, 2.75) is 163 Å². The lowest BCUT2D eigenvalue weighted by atomic mass is 9.64. The Morgan fingerprint density at radius 1 is 0.861 bits per heavy atom. The first-order valence-corrected chi connectivity index (χ1v) is 16.0. The van der Waals surface area contributed by atoms with Crippen molar-refractivity contribution < 1.29 is 19.3 Å². The molecular formula is C30H50Br2O4. The van der Waals surface area contributed by atoms with E-state index < -0.39 is 11.2 Å². The topological polar surface area (TPSA) is 47.9 Å². The lowest BCUT2D eigenvalue weighted by Gasteiger charge is -2.50. The van der Waals surface area contributed by atoms with E-state index in [-0.39, 0.29) is 34.9 Å². The quantitative estimate of drug-likeness (QED) is 0.253. The second-order valence-electron chi connectivity index (χ2n) is 14.1. The fourth-order valence-corrected chi connectivity index (χ4v) is 8.30. The third kappa shape index (κ3) is 5.57. The zero-order valence-corrected chi connectivity index (χ0v) is 26.8. The molecule has 1 N–H and O–H groups in total. The van der Waals surface area contributed by atoms with Crippen LogP contribution in [0.1, 0.15) is 113 Å². The Hall–Kier alpha value is 0.540. The van der Waals surface area contributed by atoms with Gasteiger partial charge in [-0.3, -0.25) is 0 Å². The van der Waals surface area contributed by atoms with Crippen molar-refractivity contribution in [1.82, 2.24) is 0 Å². The van der Waals surface area contributed by atoms with E-state index in [1.54, 1.807) is 0 Å². The van der Waals surface area contributed by atoms with Crippen molar-refractivity contribution in [3.8, 4) is 0 Å². The van der Waals surface area contributed by atoms with E-state index in [4.69, 9.17) is 14.2 Å². The summed E-state index contributed by atoms with van der Waals surface area (Å²) in [5, 5.41) is 11.7. The Balaban J connectivity index is 1.45. The van der Waals surface area contributed by atoms with Gasteiger partial charge in [0, 0.05) is 9.65 Å². The van der Waals surface area contributed by atoms with Gasteiger partial charge in [0.2, 0.25) is 0 Å². The normalized spacial score (nSPS) is 46.6. The molecule has 3 aliphatic heterocycles. The number of halogens is 2. The van der Waals surface area contributed by atoms with Crippen molar-refractivity contribution >= 4 is 31.9 Å². The molecule has 2 unspecified atom stereocenters. The summed E-state index contributed by atoms with van der Waals surface area (Å²) in [6.07, 6.45) is 9.24. The number of rotatable bonds is 4. The molecule has 1 aliphatic carbocycles. The van der Waals surface area contributed by atoms with Crippen molar-refractivity contribution in [2.75, 3.05) is 0 Å². The van der Waals surface area contributed by atoms with Gasteiger partial charge in [-0.15, -0.1) is 0 Å². The molecule has 1 saturated carbocycles. The molecule has 208 valence electrons. The lowest BCUT2D eigenvalue weighted by molar-refractivity contribution is -0.260. The van der Waals surface area contributed by atoms with Crippen molar-refractivity contribution in [2.24, 2.45) is 11.3 Å². The molecule has 0 amide bonds. The summed E-state index contributed by atoms with van der Waals surface area (Å²) in [7, 11) is 0. The second-order valence-corrected chi connectivity index (χ2v) is 16.3. The molecule has 0 bridgehead atoms. The van der Waals surface area contributed by atoms with Gasteiger partial charge in [-0.2, -0.15) is 0 Å². The smallest absolute Gasteiger partial charge is 0.0921 e. The van der Waals surface area contributed by atoms with E-state index in [1.807, 2.05) is 6.92 Å². The maximum absolute atomic E-state index is 11.7. The van der Waals surface area contributed by atoms with Crippen LogP contribution in [0.15, 0.2) is 12.2 Å². The van der Waals surface area contributed by atoms with Gasteiger partial charge in [-0.1, -0.05) is 57.9 Å². The van der Waals surface area contributed by atoms with Crippen LogP contribution in [0.2, 0.25) is 0 Å². The van der Waals surface area contributed by atoms with Gasteiger partial charge in [0.25, 0.3) is 0 Å². The van der Waals surface area contributed by atoms with Gasteiger partial charge in [0.1, 0.15) is 0 Å². The van der Waals surface area contributed by atoms with Crippen LogP contribution in [0.3, 0.4) is 0 Å². The minimum Gasteiger partial charge on any atom is -0.387 e. The van der Waals surface area contributed by atoms with Crippen LogP contribution >= 0.6 is 31.9 Å². The van der Waals surface area contributed by atoms with Crippen LogP contribution in [-0.2, 0) is 14.2 Å². The third-order valence-electron chi connectivity index (χ3n) is 10.4. The Bertz CT molecular complexity index is 826. The van der Waals surface area contributed by atoms with Crippen LogP contribution in [0.4, 0.5) is 0 Å². The standard InChI is InChI=1S/C30H50Br2O4/c1-19-9-10-21(31)26(2,3)20(19)13-16-28(6,33)23-11-12-24-30(8,35-23)18-15-25-29(7,36-24)17-14-22(32)27(4,5)34-25/h20-25,33H,1,9-18H2,2-8H3/t20-,21-,22+,23?,24-,25-,28?,29+,30+/m0/s1. The molecule has 3 saturated heterocycles. The molecule has 0 radical (unpaired) electrons. The number of alkyl halides is 2. The monoisotopic (exact) mass is 632 g/mol. The molecule has 6 heteroatoms. The Labute approximate surface area is 236 Å². The molecule has 4 fully saturated rings. The SMILES string of the molecule is C=C1CC[C@H](Br)C(C)(C)[C@H]1CCC(C)(O)C1CC[C@@H]2O[C@]3(C)CC[C@@H](Br)C(C)(C)O[C@H]3CC[C@@]2(C)O1. The Morgan fingerprint density at radius 2 is 1.47 bits per heavy atom. The summed E-state index contributed by atoms with van der Waals surface area (Å²) in [4.78, 5) is 0.802. The largest absolute Gasteiger partial charge is 0.387 e. The van der Waals surface area contributed by atoms with E-state index in [1.165, 1.54) is 5.57 Å². The average molecular weight is 635 g/mol. The summed E-state index contributed by atoms with van der Waals surface area (Å²) < 4.78 is 20.5. The highest BCUT2D eigenvalue weighted by molar-refractivity contribution is 9.09. The molecule has 36 heavy (non-hydrogen) atoms. The third-order valence-corrected chi connectivity index (χ3v) is 13.6. The number of aliphatic hydroxyl groups is 1. The summed E-state index contributed by atoms with van der Waals surface area (Å²) in [6.45, 7) is 19.9. The minimum absolute atomic E-state index is 0.0179. The first kappa shape index (κ1) is 29.5. The van der Waals surface area contributed by atoms with E-state index in [2.05, 4.69) is 80.0 Å². The van der Waals surface area contributed by atoms with Gasteiger partial charge in [0.05, 0.1) is 40.7 Å². The maximum Gasteiger partial charge on any atom is 0.0921 e. The lowest BCUT2D eigenvalue weighted by Crippen LogP contribution is -2.57. The van der Waals surface area contributed by atoms with Crippen molar-refractivity contribution in [1.29, 1.82) is 0 Å². The highest BCUT2D eigenvalue weighted by Gasteiger charge is 2.55. The van der Waals surface area contributed by atoms with Gasteiger partial charge in [-0.05, 0) is 110 Å². The number of allylic oxidation sites excluding steroid dienone is 1.